The third-order valence-electron chi connectivity index (χ3n) is 2.78. The summed E-state index contributed by atoms with van der Waals surface area (Å²) in [6.45, 7) is 5.15. The first-order valence-corrected chi connectivity index (χ1v) is 6.48. The summed E-state index contributed by atoms with van der Waals surface area (Å²) in [5.41, 5.74) is 6.86. The van der Waals surface area contributed by atoms with E-state index in [0.29, 0.717) is 35.1 Å². The van der Waals surface area contributed by atoms with E-state index >= 15 is 0 Å². The predicted molar refractivity (Wildman–Crippen MR) is 80.8 cm³/mol. The molecular weight excluding hydrogens is 262 g/mol. The fourth-order valence-corrected chi connectivity index (χ4v) is 1.78. The van der Waals surface area contributed by atoms with Gasteiger partial charge in [-0.15, -0.1) is 0 Å². The molecule has 0 radical (unpaired) electrons. The van der Waals surface area contributed by atoms with Crippen molar-refractivity contribution in [3.8, 4) is 5.75 Å². The van der Waals surface area contributed by atoms with Crippen LogP contribution in [0.15, 0.2) is 18.2 Å². The van der Waals surface area contributed by atoms with Crippen LogP contribution in [0.2, 0.25) is 0 Å². The lowest BCUT2D eigenvalue weighted by Gasteiger charge is -2.20. The predicted octanol–water partition coefficient (Wildman–Crippen LogP) is 2.20. The van der Waals surface area contributed by atoms with Crippen molar-refractivity contribution in [2.24, 2.45) is 5.73 Å². The van der Waals surface area contributed by atoms with E-state index in [9.17, 15) is 4.79 Å². The van der Waals surface area contributed by atoms with Crippen molar-refractivity contribution in [2.75, 3.05) is 25.5 Å². The number of ether oxygens (including phenoxy) is 1. The van der Waals surface area contributed by atoms with E-state index < -0.39 is 0 Å². The third kappa shape index (κ3) is 3.82. The second-order valence-corrected chi connectivity index (χ2v) is 4.32. The minimum Gasteiger partial charge on any atom is -0.495 e. The molecule has 0 aromatic heterocycles. The van der Waals surface area contributed by atoms with Gasteiger partial charge in [-0.2, -0.15) is 0 Å². The molecule has 0 aliphatic heterocycles. The first kappa shape index (κ1) is 15.2. The number of thiocarbonyl (C=S) groups is 1. The fourth-order valence-electron chi connectivity index (χ4n) is 1.65. The Hall–Kier alpha value is -1.82. The summed E-state index contributed by atoms with van der Waals surface area (Å²) in [7, 11) is 1.53. The Bertz CT molecular complexity index is 473. The first-order valence-electron chi connectivity index (χ1n) is 6.07. The molecule has 0 bridgehead atoms. The number of hydrogen-bond donors (Lipinski definition) is 2. The Morgan fingerprint density at radius 1 is 1.42 bits per heavy atom. The van der Waals surface area contributed by atoms with E-state index in [1.807, 2.05) is 13.8 Å². The lowest BCUT2D eigenvalue weighted by atomic mass is 10.2. The van der Waals surface area contributed by atoms with Crippen LogP contribution in [0.3, 0.4) is 0 Å². The third-order valence-corrected chi connectivity index (χ3v) is 3.01. The zero-order valence-corrected chi connectivity index (χ0v) is 12.2. The smallest absolute Gasteiger partial charge is 0.321 e. The monoisotopic (exact) mass is 281 g/mol. The maximum atomic E-state index is 12.0. The van der Waals surface area contributed by atoms with Gasteiger partial charge in [-0.05, 0) is 32.0 Å². The van der Waals surface area contributed by atoms with E-state index in [4.69, 9.17) is 22.7 Å². The molecule has 0 saturated carbocycles. The molecule has 19 heavy (non-hydrogen) atoms. The largest absolute Gasteiger partial charge is 0.495 e. The van der Waals surface area contributed by atoms with Crippen molar-refractivity contribution >= 4 is 28.9 Å². The maximum absolute atomic E-state index is 12.0. The lowest BCUT2D eigenvalue weighted by Crippen LogP contribution is -2.34. The molecule has 0 heterocycles. The molecule has 0 spiro atoms. The molecule has 0 fully saturated rings. The topological polar surface area (TPSA) is 67.6 Å². The van der Waals surface area contributed by atoms with Crippen LogP contribution in [0.4, 0.5) is 10.5 Å². The molecule has 0 saturated heterocycles. The number of anilines is 1. The van der Waals surface area contributed by atoms with Crippen LogP contribution in [0.5, 0.6) is 5.75 Å². The molecule has 104 valence electrons. The molecule has 0 unspecified atom stereocenters. The number of carbonyl (C=O) groups excluding carboxylic acids is 1. The van der Waals surface area contributed by atoms with E-state index in [2.05, 4.69) is 5.32 Å². The van der Waals surface area contributed by atoms with Gasteiger partial charge in [0.05, 0.1) is 12.8 Å². The van der Waals surface area contributed by atoms with E-state index in [1.54, 1.807) is 23.1 Å². The van der Waals surface area contributed by atoms with E-state index in [0.717, 1.165) is 0 Å². The summed E-state index contributed by atoms with van der Waals surface area (Å²) in [6, 6.07) is 5.03. The van der Waals surface area contributed by atoms with Crippen LogP contribution < -0.4 is 15.8 Å². The summed E-state index contributed by atoms with van der Waals surface area (Å²) in [6.07, 6.45) is 0. The molecule has 2 amide bonds. The summed E-state index contributed by atoms with van der Waals surface area (Å²) in [5, 5.41) is 2.81. The quantitative estimate of drug-likeness (QED) is 0.812. The second-order valence-electron chi connectivity index (χ2n) is 3.88. The lowest BCUT2D eigenvalue weighted by molar-refractivity contribution is 0.217. The molecule has 0 aliphatic rings. The molecule has 0 aliphatic carbocycles. The van der Waals surface area contributed by atoms with Crippen molar-refractivity contribution in [3.63, 3.8) is 0 Å². The summed E-state index contributed by atoms with van der Waals surface area (Å²) >= 11 is 4.91. The van der Waals surface area contributed by atoms with Crippen LogP contribution in [-0.2, 0) is 0 Å². The zero-order valence-electron chi connectivity index (χ0n) is 11.4. The van der Waals surface area contributed by atoms with Gasteiger partial charge in [-0.1, -0.05) is 12.2 Å². The minimum absolute atomic E-state index is 0.161. The SMILES string of the molecule is CCN(CC)C(=O)Nc1ccc(C(N)=S)cc1OC. The number of rotatable bonds is 5. The van der Waals surface area contributed by atoms with Crippen LogP contribution in [-0.4, -0.2) is 36.1 Å². The van der Waals surface area contributed by atoms with Gasteiger partial charge < -0.3 is 20.7 Å². The highest BCUT2D eigenvalue weighted by molar-refractivity contribution is 7.80. The molecule has 3 N–H and O–H groups in total. The standard InChI is InChI=1S/C13H19N3O2S/c1-4-16(5-2)13(17)15-10-7-6-9(12(14)19)8-11(10)18-3/h6-8H,4-5H2,1-3H3,(H2,14,19)(H,15,17). The minimum atomic E-state index is -0.161. The van der Waals surface area contributed by atoms with Gasteiger partial charge in [0, 0.05) is 18.7 Å². The van der Waals surface area contributed by atoms with Crippen LogP contribution >= 0.6 is 12.2 Å². The van der Waals surface area contributed by atoms with Gasteiger partial charge in [0.2, 0.25) is 0 Å². The van der Waals surface area contributed by atoms with Crippen molar-refractivity contribution in [2.45, 2.75) is 13.8 Å². The van der Waals surface area contributed by atoms with Crippen molar-refractivity contribution in [1.29, 1.82) is 0 Å². The summed E-state index contributed by atoms with van der Waals surface area (Å²) < 4.78 is 5.24. The van der Waals surface area contributed by atoms with Crippen molar-refractivity contribution in [3.05, 3.63) is 23.8 Å². The van der Waals surface area contributed by atoms with Gasteiger partial charge in [-0.25, -0.2) is 4.79 Å². The van der Waals surface area contributed by atoms with Crippen LogP contribution in [0.25, 0.3) is 0 Å². The molecule has 1 aromatic rings. The Balaban J connectivity index is 2.95. The van der Waals surface area contributed by atoms with Gasteiger partial charge in [0.1, 0.15) is 10.7 Å². The number of amides is 2. The molecule has 0 atom stereocenters. The Labute approximate surface area is 118 Å². The van der Waals surface area contributed by atoms with Crippen molar-refractivity contribution < 1.29 is 9.53 Å². The molecule has 5 nitrogen and oxygen atoms in total. The van der Waals surface area contributed by atoms with E-state index in [1.165, 1.54) is 7.11 Å². The van der Waals surface area contributed by atoms with Crippen molar-refractivity contribution in [1.82, 2.24) is 4.90 Å². The number of carbonyl (C=O) groups is 1. The molecular formula is C13H19N3O2S. The average Bonchev–Trinajstić information content (AvgIpc) is 2.40. The second kappa shape index (κ2) is 6.94. The van der Waals surface area contributed by atoms with Gasteiger partial charge in [0.25, 0.3) is 0 Å². The molecule has 6 heteroatoms. The number of hydrogen-bond acceptors (Lipinski definition) is 3. The summed E-state index contributed by atoms with van der Waals surface area (Å²) in [5.74, 6) is 0.533. The fraction of sp³-hybridized carbons (Fsp3) is 0.385. The number of urea groups is 1. The highest BCUT2D eigenvalue weighted by Gasteiger charge is 2.13. The van der Waals surface area contributed by atoms with Crippen LogP contribution in [0.1, 0.15) is 19.4 Å². The van der Waals surface area contributed by atoms with Gasteiger partial charge >= 0.3 is 6.03 Å². The van der Waals surface area contributed by atoms with Gasteiger partial charge in [0.15, 0.2) is 0 Å². The Morgan fingerprint density at radius 2 is 2.05 bits per heavy atom. The summed E-state index contributed by atoms with van der Waals surface area (Å²) in [4.78, 5) is 13.9. The zero-order chi connectivity index (χ0) is 14.4. The average molecular weight is 281 g/mol. The molecule has 1 rings (SSSR count). The number of nitrogens with one attached hydrogen (secondary N) is 1. The highest BCUT2D eigenvalue weighted by atomic mass is 32.1. The maximum Gasteiger partial charge on any atom is 0.321 e. The normalized spacial score (nSPS) is 9.84. The van der Waals surface area contributed by atoms with E-state index in [-0.39, 0.29) is 6.03 Å². The number of benzene rings is 1. The van der Waals surface area contributed by atoms with Gasteiger partial charge in [-0.3, -0.25) is 0 Å². The highest BCUT2D eigenvalue weighted by Crippen LogP contribution is 2.25. The Morgan fingerprint density at radius 3 is 2.53 bits per heavy atom. The number of methoxy groups -OCH3 is 1. The Kier molecular flexibility index (Phi) is 5.57. The number of nitrogens with two attached hydrogens (primary N) is 1. The molecule has 1 aromatic carbocycles. The van der Waals surface area contributed by atoms with Crippen LogP contribution in [0, 0.1) is 0 Å². The number of nitrogens with zero attached hydrogens (tertiary/aromatic N) is 1. The first-order chi connectivity index (χ1) is 9.03.